The number of ether oxygens (including phenoxy) is 3. The molecule has 6 nitrogen and oxygen atoms in total. The van der Waals surface area contributed by atoms with Crippen LogP contribution in [0.25, 0.3) is 0 Å². The lowest BCUT2D eigenvalue weighted by Gasteiger charge is -2.18. The van der Waals surface area contributed by atoms with Gasteiger partial charge in [-0.15, -0.1) is 0 Å². The molecule has 0 fully saturated rings. The molecule has 0 N–H and O–H groups in total. The molecule has 6 heteroatoms. The van der Waals surface area contributed by atoms with Crippen molar-refractivity contribution in [1.82, 2.24) is 0 Å². The summed E-state index contributed by atoms with van der Waals surface area (Å²) in [5, 5.41) is 0. The van der Waals surface area contributed by atoms with Gasteiger partial charge in [-0.2, -0.15) is 0 Å². The van der Waals surface area contributed by atoms with Crippen LogP contribution in [-0.4, -0.2) is 37.2 Å². The van der Waals surface area contributed by atoms with Crippen molar-refractivity contribution in [2.75, 3.05) is 13.2 Å². The zero-order valence-electron chi connectivity index (χ0n) is 42.7. The van der Waals surface area contributed by atoms with Crippen molar-refractivity contribution in [3.8, 4) is 0 Å². The van der Waals surface area contributed by atoms with E-state index in [-0.39, 0.29) is 31.1 Å². The van der Waals surface area contributed by atoms with E-state index in [9.17, 15) is 14.4 Å². The van der Waals surface area contributed by atoms with Gasteiger partial charge in [0.05, 0.1) is 0 Å². The molecule has 0 saturated carbocycles. The Balaban J connectivity index is 4.30. The van der Waals surface area contributed by atoms with E-state index in [1.807, 2.05) is 0 Å². The summed E-state index contributed by atoms with van der Waals surface area (Å²) >= 11 is 0. The molecule has 0 rings (SSSR count). The maximum absolute atomic E-state index is 12.8. The molecule has 66 heavy (non-hydrogen) atoms. The first kappa shape index (κ1) is 62.1. The first-order chi connectivity index (χ1) is 32.5. The summed E-state index contributed by atoms with van der Waals surface area (Å²) < 4.78 is 16.7. The second kappa shape index (κ2) is 53.7. The van der Waals surface area contributed by atoms with Gasteiger partial charge in [-0.3, -0.25) is 14.4 Å². The van der Waals surface area contributed by atoms with E-state index in [1.165, 1.54) is 57.8 Å². The standard InChI is InChI=1S/C60H98O6/c1-4-7-10-13-16-18-20-22-24-26-28-29-30-31-33-34-36-38-40-42-44-47-50-53-59(62)65-56-57(55-64-58(61)52-49-46-15-12-9-6-3)66-60(63)54-51-48-45-43-41-39-37-35-32-27-25-23-21-19-17-14-11-8-5-2/h7,10,16-19,22-25,28-29,31-33,35-36,38,57H,4-6,8-9,11-15,20-21,26-27,30,34,37,39-56H2,1-3H3/b10-7-,18-16-,19-17-,24-22-,25-23-,29-28-,33-31-,35-32-,38-36-. The van der Waals surface area contributed by atoms with Crippen LogP contribution < -0.4 is 0 Å². The van der Waals surface area contributed by atoms with E-state index in [0.717, 1.165) is 135 Å². The second-order valence-electron chi connectivity index (χ2n) is 17.4. The van der Waals surface area contributed by atoms with Gasteiger partial charge in [0.2, 0.25) is 0 Å². The van der Waals surface area contributed by atoms with Crippen molar-refractivity contribution >= 4 is 17.9 Å². The van der Waals surface area contributed by atoms with Crippen molar-refractivity contribution < 1.29 is 28.6 Å². The average molecular weight is 915 g/mol. The summed E-state index contributed by atoms with van der Waals surface area (Å²) in [4.78, 5) is 37.8. The SMILES string of the molecule is CC/C=C\C/C=C\C/C=C\C/C=C\C/C=C\C/C=C\CCCCCCC(=O)OCC(COC(=O)CCCCCCCC)OC(=O)CCCCCCCC/C=C\C/C=C\C/C=C\CCCCC. The van der Waals surface area contributed by atoms with Gasteiger partial charge in [-0.05, 0) is 109 Å². The van der Waals surface area contributed by atoms with Crippen LogP contribution in [0.4, 0.5) is 0 Å². The van der Waals surface area contributed by atoms with Gasteiger partial charge < -0.3 is 14.2 Å². The van der Waals surface area contributed by atoms with Gasteiger partial charge in [0.15, 0.2) is 6.10 Å². The molecule has 0 saturated heterocycles. The molecule has 0 aromatic carbocycles. The first-order valence-electron chi connectivity index (χ1n) is 26.9. The first-order valence-corrected chi connectivity index (χ1v) is 26.9. The monoisotopic (exact) mass is 915 g/mol. The smallest absolute Gasteiger partial charge is 0.306 e. The lowest BCUT2D eigenvalue weighted by molar-refractivity contribution is -0.167. The lowest BCUT2D eigenvalue weighted by Crippen LogP contribution is -2.30. The maximum Gasteiger partial charge on any atom is 0.306 e. The molecule has 0 aromatic heterocycles. The second-order valence-corrected chi connectivity index (χ2v) is 17.4. The van der Waals surface area contributed by atoms with Crippen molar-refractivity contribution in [2.45, 2.75) is 239 Å². The quantitative estimate of drug-likeness (QED) is 0.0262. The number of esters is 3. The minimum atomic E-state index is -0.794. The summed E-state index contributed by atoms with van der Waals surface area (Å²) in [6.45, 7) is 6.39. The Bertz CT molecular complexity index is 1370. The molecule has 0 bridgehead atoms. The predicted molar refractivity (Wildman–Crippen MR) is 283 cm³/mol. The van der Waals surface area contributed by atoms with Crippen molar-refractivity contribution in [3.63, 3.8) is 0 Å². The van der Waals surface area contributed by atoms with Crippen molar-refractivity contribution in [2.24, 2.45) is 0 Å². The van der Waals surface area contributed by atoms with Crippen LogP contribution in [0.1, 0.15) is 233 Å². The highest BCUT2D eigenvalue weighted by atomic mass is 16.6. The molecule has 374 valence electrons. The van der Waals surface area contributed by atoms with E-state index >= 15 is 0 Å². The van der Waals surface area contributed by atoms with E-state index in [1.54, 1.807) is 0 Å². The molecule has 1 atom stereocenters. The Morgan fingerprint density at radius 2 is 0.591 bits per heavy atom. The van der Waals surface area contributed by atoms with Gasteiger partial charge in [-0.1, -0.05) is 214 Å². The highest BCUT2D eigenvalue weighted by Gasteiger charge is 2.19. The minimum Gasteiger partial charge on any atom is -0.462 e. The van der Waals surface area contributed by atoms with Crippen LogP contribution in [0.15, 0.2) is 109 Å². The topological polar surface area (TPSA) is 78.9 Å². The van der Waals surface area contributed by atoms with Crippen LogP contribution in [0.2, 0.25) is 0 Å². The normalized spacial score (nSPS) is 13.0. The van der Waals surface area contributed by atoms with E-state index in [0.29, 0.717) is 19.3 Å². The highest BCUT2D eigenvalue weighted by Crippen LogP contribution is 2.13. The number of hydrogen-bond donors (Lipinski definition) is 0. The summed E-state index contributed by atoms with van der Waals surface area (Å²) in [6, 6.07) is 0. The third-order valence-corrected chi connectivity index (χ3v) is 11.0. The van der Waals surface area contributed by atoms with Crippen LogP contribution in [0, 0.1) is 0 Å². The average Bonchev–Trinajstić information content (AvgIpc) is 3.31. The van der Waals surface area contributed by atoms with Gasteiger partial charge >= 0.3 is 17.9 Å². The Hall–Kier alpha value is -3.93. The van der Waals surface area contributed by atoms with Crippen molar-refractivity contribution in [1.29, 1.82) is 0 Å². The Morgan fingerprint density at radius 1 is 0.318 bits per heavy atom. The Kier molecular flexibility index (Phi) is 50.5. The van der Waals surface area contributed by atoms with Crippen LogP contribution >= 0.6 is 0 Å². The molecule has 0 aliphatic rings. The third kappa shape index (κ3) is 51.1. The van der Waals surface area contributed by atoms with E-state index < -0.39 is 6.10 Å². The molecule has 0 heterocycles. The number of rotatable bonds is 47. The molecule has 0 radical (unpaired) electrons. The molecular weight excluding hydrogens is 817 g/mol. The highest BCUT2D eigenvalue weighted by molar-refractivity contribution is 5.71. The van der Waals surface area contributed by atoms with Gasteiger partial charge in [-0.25, -0.2) is 0 Å². The van der Waals surface area contributed by atoms with Gasteiger partial charge in [0, 0.05) is 19.3 Å². The third-order valence-electron chi connectivity index (χ3n) is 11.0. The largest absolute Gasteiger partial charge is 0.462 e. The fourth-order valence-electron chi connectivity index (χ4n) is 6.98. The fourth-order valence-corrected chi connectivity index (χ4v) is 6.98. The molecule has 0 amide bonds. The van der Waals surface area contributed by atoms with Crippen LogP contribution in [-0.2, 0) is 28.6 Å². The number of hydrogen-bond acceptors (Lipinski definition) is 6. The molecular formula is C60H98O6. The van der Waals surface area contributed by atoms with Gasteiger partial charge in [0.1, 0.15) is 13.2 Å². The molecule has 0 aliphatic carbocycles. The van der Waals surface area contributed by atoms with Crippen molar-refractivity contribution in [3.05, 3.63) is 109 Å². The summed E-state index contributed by atoms with van der Waals surface area (Å²) in [5.41, 5.74) is 0. The number of unbranched alkanes of at least 4 members (excludes halogenated alkanes) is 18. The van der Waals surface area contributed by atoms with Crippen LogP contribution in [0.5, 0.6) is 0 Å². The molecule has 0 aromatic rings. The zero-order valence-corrected chi connectivity index (χ0v) is 42.7. The Morgan fingerprint density at radius 3 is 0.955 bits per heavy atom. The summed E-state index contributed by atoms with van der Waals surface area (Å²) in [6.07, 6.45) is 72.4. The number of carbonyl (C=O) groups is 3. The lowest BCUT2D eigenvalue weighted by atomic mass is 10.1. The minimum absolute atomic E-state index is 0.0937. The predicted octanol–water partition coefficient (Wildman–Crippen LogP) is 17.9. The molecule has 1 unspecified atom stereocenters. The van der Waals surface area contributed by atoms with Gasteiger partial charge in [0.25, 0.3) is 0 Å². The van der Waals surface area contributed by atoms with Crippen LogP contribution in [0.3, 0.4) is 0 Å². The Labute approximate surface area is 406 Å². The zero-order chi connectivity index (χ0) is 47.9. The fraction of sp³-hybridized carbons (Fsp3) is 0.650. The summed E-state index contributed by atoms with van der Waals surface area (Å²) in [7, 11) is 0. The number of allylic oxidation sites excluding steroid dienone is 18. The van der Waals surface area contributed by atoms with E-state index in [2.05, 4.69) is 130 Å². The summed E-state index contributed by atoms with van der Waals surface area (Å²) in [5.74, 6) is -0.946. The maximum atomic E-state index is 12.8. The molecule has 0 spiro atoms. The van der Waals surface area contributed by atoms with E-state index in [4.69, 9.17) is 14.2 Å². The number of carbonyl (C=O) groups excluding carboxylic acids is 3. The molecule has 0 aliphatic heterocycles.